The monoisotopic (exact) mass is 629 g/mol. The molecule has 0 aliphatic carbocycles. The molecule has 0 unspecified atom stereocenters. The summed E-state index contributed by atoms with van der Waals surface area (Å²) in [5.74, 6) is -1.09. The Morgan fingerprint density at radius 1 is 0.795 bits per heavy atom. The molecule has 12 heteroatoms. The minimum absolute atomic E-state index is 0.0445. The summed E-state index contributed by atoms with van der Waals surface area (Å²) in [6.45, 7) is 0. The van der Waals surface area contributed by atoms with E-state index in [1.165, 1.54) is 36.0 Å². The first-order valence-electron chi connectivity index (χ1n) is 13.3. The van der Waals surface area contributed by atoms with Crippen LogP contribution in [0, 0.1) is 0 Å². The highest BCUT2D eigenvalue weighted by atomic mass is 32.2. The molecule has 0 aliphatic heterocycles. The van der Waals surface area contributed by atoms with Crippen molar-refractivity contribution in [3.63, 3.8) is 0 Å². The summed E-state index contributed by atoms with van der Waals surface area (Å²) < 4.78 is 22.8. The number of nitrogens with two attached hydrogens (primary N) is 1. The van der Waals surface area contributed by atoms with Gasteiger partial charge in [0.15, 0.2) is 0 Å². The van der Waals surface area contributed by atoms with Gasteiger partial charge in [-0.15, -0.1) is 11.8 Å². The van der Waals surface area contributed by atoms with Gasteiger partial charge in [0.05, 0.1) is 10.6 Å². The van der Waals surface area contributed by atoms with Crippen molar-refractivity contribution >= 4 is 62.6 Å². The van der Waals surface area contributed by atoms with Crippen molar-refractivity contribution in [2.75, 3.05) is 35.4 Å². The number of hydrogen-bond donors (Lipinski definition) is 4. The Bertz CT molecular complexity index is 1760. The number of thioether (sulfide) groups is 1. The third-order valence-electron chi connectivity index (χ3n) is 6.20. The molecule has 0 aromatic heterocycles. The smallest absolute Gasteiger partial charge is 0.272 e. The van der Waals surface area contributed by atoms with E-state index in [4.69, 9.17) is 5.14 Å². The van der Waals surface area contributed by atoms with E-state index in [1.807, 2.05) is 43.3 Å². The third-order valence-corrected chi connectivity index (χ3v) is 8.14. The van der Waals surface area contributed by atoms with Gasteiger partial charge in [-0.05, 0) is 84.4 Å². The van der Waals surface area contributed by atoms with Crippen molar-refractivity contribution in [3.05, 3.63) is 120 Å². The number of amides is 3. The molecule has 0 saturated heterocycles. The Balaban J connectivity index is 1.39. The molecule has 0 atom stereocenters. The van der Waals surface area contributed by atoms with Gasteiger partial charge in [-0.1, -0.05) is 30.3 Å². The van der Waals surface area contributed by atoms with Crippen LogP contribution in [-0.4, -0.2) is 46.0 Å². The van der Waals surface area contributed by atoms with Crippen LogP contribution < -0.4 is 26.0 Å². The van der Waals surface area contributed by atoms with Gasteiger partial charge < -0.3 is 20.9 Å². The van der Waals surface area contributed by atoms with Gasteiger partial charge >= 0.3 is 0 Å². The summed E-state index contributed by atoms with van der Waals surface area (Å²) in [4.78, 5) is 41.3. The van der Waals surface area contributed by atoms with Crippen LogP contribution in [0.5, 0.6) is 0 Å². The first kappa shape index (κ1) is 32.0. The molecule has 10 nitrogen and oxygen atoms in total. The molecule has 0 radical (unpaired) electrons. The Morgan fingerprint density at radius 2 is 1.39 bits per heavy atom. The molecule has 0 bridgehead atoms. The molecular weight excluding hydrogens is 599 g/mol. The quantitative estimate of drug-likeness (QED) is 0.141. The number of carbonyl (C=O) groups excluding carboxylic acids is 3. The van der Waals surface area contributed by atoms with Crippen LogP contribution in [0.25, 0.3) is 6.08 Å². The largest absolute Gasteiger partial charge is 0.378 e. The van der Waals surface area contributed by atoms with Gasteiger partial charge in [-0.3, -0.25) is 14.4 Å². The van der Waals surface area contributed by atoms with E-state index in [1.54, 1.807) is 60.7 Å². The summed E-state index contributed by atoms with van der Waals surface area (Å²) in [6.07, 6.45) is 1.61. The van der Waals surface area contributed by atoms with Gasteiger partial charge in [0.25, 0.3) is 11.8 Å². The normalized spacial score (nSPS) is 11.4. The highest BCUT2D eigenvalue weighted by Crippen LogP contribution is 2.22. The number of nitrogens with one attached hydrogen (secondary N) is 3. The number of primary sulfonamides is 1. The predicted molar refractivity (Wildman–Crippen MR) is 175 cm³/mol. The average molecular weight is 630 g/mol. The van der Waals surface area contributed by atoms with Crippen LogP contribution in [0.4, 0.5) is 17.1 Å². The first-order valence-corrected chi connectivity index (χ1v) is 15.8. The maximum absolute atomic E-state index is 13.3. The Hall–Kier alpha value is -4.91. The standard InChI is InChI=1S/C32H31N5O5S2/c1-37(2)26-14-8-22(9-15-26)20-29(36-31(39)23-6-4-3-5-7-23)32(40)35-25-10-16-27(17-11-25)43-21-30(38)34-24-12-18-28(19-13-24)44(33,41)42/h3-20H,21H2,1-2H3,(H,34,38)(H,35,40)(H,36,39)(H2,33,41,42)/b29-20-. The molecule has 0 fully saturated rings. The van der Waals surface area contributed by atoms with E-state index >= 15 is 0 Å². The van der Waals surface area contributed by atoms with E-state index in [0.717, 1.165) is 16.1 Å². The van der Waals surface area contributed by atoms with Gasteiger partial charge in [-0.25, -0.2) is 13.6 Å². The number of benzene rings is 4. The molecule has 4 aromatic rings. The second-order valence-electron chi connectivity index (χ2n) is 9.75. The summed E-state index contributed by atoms with van der Waals surface area (Å²) in [6, 6.07) is 28.7. The highest BCUT2D eigenvalue weighted by Gasteiger charge is 2.15. The van der Waals surface area contributed by atoms with Crippen LogP contribution in [0.15, 0.2) is 119 Å². The molecule has 4 aromatic carbocycles. The Morgan fingerprint density at radius 3 is 1.98 bits per heavy atom. The number of anilines is 3. The summed E-state index contributed by atoms with van der Waals surface area (Å²) in [5.41, 5.74) is 3.17. The molecule has 44 heavy (non-hydrogen) atoms. The fraction of sp³-hybridized carbons (Fsp3) is 0.0938. The molecule has 4 rings (SSSR count). The predicted octanol–water partition coefficient (Wildman–Crippen LogP) is 4.54. The molecule has 5 N–H and O–H groups in total. The second-order valence-corrected chi connectivity index (χ2v) is 12.4. The van der Waals surface area contributed by atoms with Gasteiger partial charge in [0.1, 0.15) is 5.70 Å². The van der Waals surface area contributed by atoms with Crippen LogP contribution in [-0.2, 0) is 19.6 Å². The molecular formula is C32H31N5O5S2. The number of carbonyl (C=O) groups is 3. The number of hydrogen-bond acceptors (Lipinski definition) is 7. The lowest BCUT2D eigenvalue weighted by Crippen LogP contribution is -2.30. The lowest BCUT2D eigenvalue weighted by Gasteiger charge is -2.13. The van der Waals surface area contributed by atoms with Crippen molar-refractivity contribution in [2.45, 2.75) is 9.79 Å². The lowest BCUT2D eigenvalue weighted by atomic mass is 10.1. The lowest BCUT2D eigenvalue weighted by molar-refractivity contribution is -0.114. The zero-order valence-electron chi connectivity index (χ0n) is 24.0. The van der Waals surface area contributed by atoms with Crippen molar-refractivity contribution in [3.8, 4) is 0 Å². The van der Waals surface area contributed by atoms with Crippen LogP contribution in [0.2, 0.25) is 0 Å². The summed E-state index contributed by atoms with van der Waals surface area (Å²) in [5, 5.41) is 13.3. The van der Waals surface area contributed by atoms with E-state index in [-0.39, 0.29) is 22.3 Å². The Labute approximate surface area is 260 Å². The average Bonchev–Trinajstić information content (AvgIpc) is 3.01. The minimum Gasteiger partial charge on any atom is -0.378 e. The number of nitrogens with zero attached hydrogens (tertiary/aromatic N) is 1. The molecule has 0 spiro atoms. The zero-order chi connectivity index (χ0) is 31.7. The van der Waals surface area contributed by atoms with Crippen molar-refractivity contribution in [1.82, 2.24) is 5.32 Å². The SMILES string of the molecule is CN(C)c1ccc(/C=C(\NC(=O)c2ccccc2)C(=O)Nc2ccc(SCC(=O)Nc3ccc(S(N)(=O)=O)cc3)cc2)cc1. The molecule has 226 valence electrons. The van der Waals surface area contributed by atoms with E-state index in [2.05, 4.69) is 16.0 Å². The van der Waals surface area contributed by atoms with Crippen LogP contribution in [0.1, 0.15) is 15.9 Å². The molecule has 0 heterocycles. The molecule has 0 saturated carbocycles. The molecule has 3 amide bonds. The fourth-order valence-electron chi connectivity index (χ4n) is 3.88. The fourth-order valence-corrected chi connectivity index (χ4v) is 5.10. The number of rotatable bonds is 11. The topological polar surface area (TPSA) is 151 Å². The number of sulfonamides is 1. The van der Waals surface area contributed by atoms with Gasteiger partial charge in [-0.2, -0.15) is 0 Å². The third kappa shape index (κ3) is 9.30. The van der Waals surface area contributed by atoms with Crippen molar-refractivity contribution in [1.29, 1.82) is 0 Å². The van der Waals surface area contributed by atoms with Crippen LogP contribution in [0.3, 0.4) is 0 Å². The van der Waals surface area contributed by atoms with Gasteiger partial charge in [0.2, 0.25) is 15.9 Å². The zero-order valence-corrected chi connectivity index (χ0v) is 25.6. The van der Waals surface area contributed by atoms with Crippen molar-refractivity contribution < 1.29 is 22.8 Å². The summed E-state index contributed by atoms with van der Waals surface area (Å²) >= 11 is 1.29. The Kier molecular flexibility index (Phi) is 10.6. The van der Waals surface area contributed by atoms with Crippen molar-refractivity contribution in [2.24, 2.45) is 5.14 Å². The first-order chi connectivity index (χ1) is 21.0. The molecule has 0 aliphatic rings. The van der Waals surface area contributed by atoms with Crippen LogP contribution >= 0.6 is 11.8 Å². The van der Waals surface area contributed by atoms with E-state index < -0.39 is 21.8 Å². The maximum atomic E-state index is 13.3. The van der Waals surface area contributed by atoms with E-state index in [0.29, 0.717) is 16.9 Å². The minimum atomic E-state index is -3.81. The highest BCUT2D eigenvalue weighted by molar-refractivity contribution is 8.00. The van der Waals surface area contributed by atoms with E-state index in [9.17, 15) is 22.8 Å². The maximum Gasteiger partial charge on any atom is 0.272 e. The summed E-state index contributed by atoms with van der Waals surface area (Å²) in [7, 11) is 0.0547. The second kappa shape index (κ2) is 14.5. The van der Waals surface area contributed by atoms with Gasteiger partial charge in [0, 0.05) is 41.6 Å².